The van der Waals surface area contributed by atoms with E-state index in [-0.39, 0.29) is 32.2 Å². The van der Waals surface area contributed by atoms with Crippen molar-refractivity contribution in [1.82, 2.24) is 5.48 Å². The molecular formula is C12H20F3NO5. The van der Waals surface area contributed by atoms with Crippen LogP contribution in [-0.4, -0.2) is 43.5 Å². The van der Waals surface area contributed by atoms with Crippen LogP contribution in [0, 0.1) is 0 Å². The standard InChI is InChI=1S/C12H20F3NO5/c1-11(2,3)21-10(17)16-19-5-4-18-8-6-9(7-8)20-12(13,14)15/h8-9H,4-7H2,1-3H3,(H,16,17)/t8-,9+. The predicted octanol–water partition coefficient (Wildman–Crippen LogP) is 2.53. The van der Waals surface area contributed by atoms with Crippen LogP contribution in [0.4, 0.5) is 18.0 Å². The number of ether oxygens (including phenoxy) is 3. The van der Waals surface area contributed by atoms with Gasteiger partial charge in [0.1, 0.15) is 5.60 Å². The van der Waals surface area contributed by atoms with Crippen molar-refractivity contribution in [2.45, 2.75) is 57.8 Å². The molecule has 6 nitrogen and oxygen atoms in total. The van der Waals surface area contributed by atoms with Crippen molar-refractivity contribution in [2.24, 2.45) is 0 Å². The molecule has 0 spiro atoms. The topological polar surface area (TPSA) is 66.0 Å². The average Bonchev–Trinajstić information content (AvgIpc) is 2.20. The van der Waals surface area contributed by atoms with Gasteiger partial charge in [0.25, 0.3) is 0 Å². The summed E-state index contributed by atoms with van der Waals surface area (Å²) < 4.78 is 49.6. The maximum Gasteiger partial charge on any atom is 0.522 e. The number of amides is 1. The second-order valence-electron chi connectivity index (χ2n) is 5.60. The minimum Gasteiger partial charge on any atom is -0.442 e. The van der Waals surface area contributed by atoms with Gasteiger partial charge in [0, 0.05) is 12.8 Å². The zero-order valence-electron chi connectivity index (χ0n) is 12.2. The van der Waals surface area contributed by atoms with Crippen LogP contribution in [-0.2, 0) is 19.0 Å². The van der Waals surface area contributed by atoms with E-state index >= 15 is 0 Å². The highest BCUT2D eigenvalue weighted by atomic mass is 19.4. The Morgan fingerprint density at radius 1 is 1.14 bits per heavy atom. The van der Waals surface area contributed by atoms with Crippen LogP contribution in [0.25, 0.3) is 0 Å². The van der Waals surface area contributed by atoms with Crippen LogP contribution in [0.15, 0.2) is 0 Å². The lowest BCUT2D eigenvalue weighted by atomic mass is 9.92. The average molecular weight is 315 g/mol. The van der Waals surface area contributed by atoms with Gasteiger partial charge in [-0.3, -0.25) is 9.57 Å². The fourth-order valence-corrected chi connectivity index (χ4v) is 1.60. The Morgan fingerprint density at radius 3 is 2.29 bits per heavy atom. The number of hydrogen-bond donors (Lipinski definition) is 1. The molecule has 21 heavy (non-hydrogen) atoms. The van der Waals surface area contributed by atoms with E-state index in [4.69, 9.17) is 14.3 Å². The Labute approximate surface area is 120 Å². The summed E-state index contributed by atoms with van der Waals surface area (Å²) in [6, 6.07) is 0. The van der Waals surface area contributed by atoms with Crippen molar-refractivity contribution in [3.63, 3.8) is 0 Å². The molecule has 0 unspecified atom stereocenters. The van der Waals surface area contributed by atoms with Crippen LogP contribution in [0.3, 0.4) is 0 Å². The highest BCUT2D eigenvalue weighted by molar-refractivity contribution is 5.66. The lowest BCUT2D eigenvalue weighted by Crippen LogP contribution is -2.41. The monoisotopic (exact) mass is 315 g/mol. The molecule has 1 aliphatic carbocycles. The molecule has 0 atom stereocenters. The second kappa shape index (κ2) is 7.28. The van der Waals surface area contributed by atoms with Gasteiger partial charge in [-0.2, -0.15) is 5.48 Å². The van der Waals surface area contributed by atoms with E-state index in [1.807, 2.05) is 0 Å². The summed E-state index contributed by atoms with van der Waals surface area (Å²) in [5.74, 6) is 0. The van der Waals surface area contributed by atoms with Gasteiger partial charge in [0.05, 0.1) is 25.4 Å². The van der Waals surface area contributed by atoms with Gasteiger partial charge in [0.2, 0.25) is 0 Å². The van der Waals surface area contributed by atoms with Gasteiger partial charge in [-0.1, -0.05) is 0 Å². The summed E-state index contributed by atoms with van der Waals surface area (Å²) in [4.78, 5) is 16.0. The Bertz CT molecular complexity index is 337. The fraction of sp³-hybridized carbons (Fsp3) is 0.917. The molecule has 1 N–H and O–H groups in total. The summed E-state index contributed by atoms with van der Waals surface area (Å²) in [6.45, 7) is 5.36. The number of rotatable bonds is 6. The lowest BCUT2D eigenvalue weighted by Gasteiger charge is -2.34. The lowest BCUT2D eigenvalue weighted by molar-refractivity contribution is -0.357. The predicted molar refractivity (Wildman–Crippen MR) is 65.2 cm³/mol. The molecule has 0 saturated heterocycles. The SMILES string of the molecule is CC(C)(C)OC(=O)NOCCO[C@H]1C[C@@H](OC(F)(F)F)C1. The first-order valence-corrected chi connectivity index (χ1v) is 6.52. The van der Waals surface area contributed by atoms with Crippen LogP contribution >= 0.6 is 0 Å². The molecule has 0 radical (unpaired) electrons. The van der Waals surface area contributed by atoms with Gasteiger partial charge in [-0.25, -0.2) is 4.79 Å². The molecule has 0 aromatic rings. The first kappa shape index (κ1) is 18.0. The molecule has 0 aromatic heterocycles. The van der Waals surface area contributed by atoms with Crippen molar-refractivity contribution in [3.05, 3.63) is 0 Å². The maximum absolute atomic E-state index is 11.9. The van der Waals surface area contributed by atoms with Crippen LogP contribution in [0.1, 0.15) is 33.6 Å². The van der Waals surface area contributed by atoms with Crippen molar-refractivity contribution in [2.75, 3.05) is 13.2 Å². The number of carbonyl (C=O) groups excluding carboxylic acids is 1. The molecule has 0 aromatic carbocycles. The van der Waals surface area contributed by atoms with Crippen molar-refractivity contribution in [3.8, 4) is 0 Å². The summed E-state index contributed by atoms with van der Waals surface area (Å²) in [5, 5.41) is 0. The zero-order chi connectivity index (χ0) is 16.1. The smallest absolute Gasteiger partial charge is 0.442 e. The van der Waals surface area contributed by atoms with E-state index in [2.05, 4.69) is 10.2 Å². The van der Waals surface area contributed by atoms with Gasteiger partial charge < -0.3 is 9.47 Å². The highest BCUT2D eigenvalue weighted by Crippen LogP contribution is 2.31. The van der Waals surface area contributed by atoms with Gasteiger partial charge in [-0.15, -0.1) is 13.2 Å². The molecule has 1 saturated carbocycles. The summed E-state index contributed by atoms with van der Waals surface area (Å²) in [6.07, 6.45) is -6.04. The quantitative estimate of drug-likeness (QED) is 0.603. The maximum atomic E-state index is 11.9. The molecule has 1 rings (SSSR count). The molecule has 0 aliphatic heterocycles. The van der Waals surface area contributed by atoms with E-state index in [1.54, 1.807) is 20.8 Å². The van der Waals surface area contributed by atoms with Gasteiger partial charge >= 0.3 is 12.5 Å². The van der Waals surface area contributed by atoms with Crippen LogP contribution in [0.2, 0.25) is 0 Å². The van der Waals surface area contributed by atoms with Crippen LogP contribution in [0.5, 0.6) is 0 Å². The highest BCUT2D eigenvalue weighted by Gasteiger charge is 2.40. The largest absolute Gasteiger partial charge is 0.522 e. The fourth-order valence-electron chi connectivity index (χ4n) is 1.60. The minimum atomic E-state index is -4.60. The molecule has 0 bridgehead atoms. The zero-order valence-corrected chi connectivity index (χ0v) is 12.2. The number of hydroxylamine groups is 1. The summed E-state index contributed by atoms with van der Waals surface area (Å²) in [5.41, 5.74) is 1.45. The van der Waals surface area contributed by atoms with Crippen molar-refractivity contribution >= 4 is 6.09 Å². The second-order valence-corrected chi connectivity index (χ2v) is 5.60. The molecule has 124 valence electrons. The molecule has 9 heteroatoms. The van der Waals surface area contributed by atoms with E-state index in [0.29, 0.717) is 0 Å². The number of hydrogen-bond acceptors (Lipinski definition) is 5. The van der Waals surface area contributed by atoms with Crippen molar-refractivity contribution < 1.29 is 37.0 Å². The molecule has 1 fully saturated rings. The first-order chi connectivity index (χ1) is 9.55. The Morgan fingerprint density at radius 2 is 1.76 bits per heavy atom. The Hall–Kier alpha value is -1.06. The van der Waals surface area contributed by atoms with E-state index in [0.717, 1.165) is 0 Å². The Kier molecular flexibility index (Phi) is 6.24. The number of alkyl halides is 3. The van der Waals surface area contributed by atoms with Gasteiger partial charge in [0.15, 0.2) is 0 Å². The molecule has 1 amide bonds. The third-order valence-electron chi connectivity index (χ3n) is 2.45. The number of carbonyl (C=O) groups is 1. The Balaban J connectivity index is 1.96. The van der Waals surface area contributed by atoms with Crippen molar-refractivity contribution in [1.29, 1.82) is 0 Å². The minimum absolute atomic E-state index is 0.0700. The van der Waals surface area contributed by atoms with E-state index in [9.17, 15) is 18.0 Å². The number of nitrogens with one attached hydrogen (secondary N) is 1. The third-order valence-corrected chi connectivity index (χ3v) is 2.45. The first-order valence-electron chi connectivity index (χ1n) is 6.52. The van der Waals surface area contributed by atoms with Gasteiger partial charge in [-0.05, 0) is 20.8 Å². The molecular weight excluding hydrogens is 295 g/mol. The summed E-state index contributed by atoms with van der Waals surface area (Å²) in [7, 11) is 0. The molecule has 0 heterocycles. The van der Waals surface area contributed by atoms with E-state index < -0.39 is 24.2 Å². The van der Waals surface area contributed by atoms with Crippen LogP contribution < -0.4 is 5.48 Å². The van der Waals surface area contributed by atoms with E-state index in [1.165, 1.54) is 0 Å². The third kappa shape index (κ3) is 8.74. The molecule has 1 aliphatic rings. The summed E-state index contributed by atoms with van der Waals surface area (Å²) >= 11 is 0. The normalized spacial score (nSPS) is 22.6. The number of halogens is 3.